The van der Waals surface area contributed by atoms with Crippen LogP contribution in [0.4, 0.5) is 0 Å². The van der Waals surface area contributed by atoms with Crippen molar-refractivity contribution in [2.45, 2.75) is 20.8 Å². The minimum Gasteiger partial charge on any atom is -0.118 e. The maximum atomic E-state index is 3.39. The van der Waals surface area contributed by atoms with Crippen molar-refractivity contribution >= 4 is 0 Å². The molecule has 0 aromatic rings. The summed E-state index contributed by atoms with van der Waals surface area (Å²) in [6, 6.07) is 0. The summed E-state index contributed by atoms with van der Waals surface area (Å²) in [6.07, 6.45) is 2.25. The number of allylic oxidation sites excluding steroid dienone is 3. The lowest BCUT2D eigenvalue weighted by Crippen LogP contribution is -1.84. The van der Waals surface area contributed by atoms with Gasteiger partial charge in [-0.25, -0.2) is 0 Å². The molecule has 0 heterocycles. The third-order valence-corrected chi connectivity index (χ3v) is 2.49. The van der Waals surface area contributed by atoms with E-state index < -0.39 is 0 Å². The Morgan fingerprint density at radius 1 is 1.40 bits per heavy atom. The zero-order valence-corrected chi connectivity index (χ0v) is 6.73. The summed E-state index contributed by atoms with van der Waals surface area (Å²) in [7, 11) is 0. The monoisotopic (exact) mass is 132 g/mol. The number of hydrogen-bond donors (Lipinski definition) is 0. The number of fused-ring (bicyclic) bond motifs is 1. The van der Waals surface area contributed by atoms with Crippen LogP contribution in [0.2, 0.25) is 0 Å². The average molecular weight is 132 g/mol. The van der Waals surface area contributed by atoms with E-state index in [0.29, 0.717) is 0 Å². The molecule has 2 aliphatic rings. The van der Waals surface area contributed by atoms with Gasteiger partial charge >= 0.3 is 0 Å². The molecule has 0 aromatic carbocycles. The van der Waals surface area contributed by atoms with Crippen LogP contribution in [0.1, 0.15) is 20.8 Å². The van der Waals surface area contributed by atoms with Gasteiger partial charge in [-0.1, -0.05) is 18.6 Å². The molecule has 0 radical (unpaired) electrons. The van der Waals surface area contributed by atoms with E-state index in [1.807, 2.05) is 0 Å². The van der Waals surface area contributed by atoms with Crippen LogP contribution in [0, 0.1) is 11.8 Å². The molecule has 0 bridgehead atoms. The van der Waals surface area contributed by atoms with Gasteiger partial charge in [0.2, 0.25) is 0 Å². The highest BCUT2D eigenvalue weighted by atomic mass is 14.4. The lowest BCUT2D eigenvalue weighted by molar-refractivity contribution is 0.855. The van der Waals surface area contributed by atoms with E-state index in [4.69, 9.17) is 0 Å². The molecule has 2 atom stereocenters. The van der Waals surface area contributed by atoms with Gasteiger partial charge in [0.1, 0.15) is 0 Å². The summed E-state index contributed by atoms with van der Waals surface area (Å²) in [6.45, 7) is 6.62. The topological polar surface area (TPSA) is 0 Å². The van der Waals surface area contributed by atoms with Crippen molar-refractivity contribution in [1.82, 2.24) is 0 Å². The predicted octanol–water partition coefficient (Wildman–Crippen LogP) is 2.68. The Kier molecular flexibility index (Phi) is 0.988. The van der Waals surface area contributed by atoms with Crippen molar-refractivity contribution in [1.29, 1.82) is 0 Å². The Morgan fingerprint density at radius 2 is 2.10 bits per heavy atom. The molecular formula is C10H12. The molecule has 0 heteroatoms. The van der Waals surface area contributed by atoms with E-state index in [1.54, 1.807) is 0 Å². The molecule has 0 aliphatic heterocycles. The Hall–Kier alpha value is -0.740. The zero-order chi connectivity index (χ0) is 7.30. The summed E-state index contributed by atoms with van der Waals surface area (Å²) < 4.78 is 0. The summed E-state index contributed by atoms with van der Waals surface area (Å²) in [5.41, 5.74) is 7.74. The van der Waals surface area contributed by atoms with Crippen LogP contribution in [0.25, 0.3) is 0 Å². The molecule has 0 nitrogen and oxygen atoms in total. The lowest BCUT2D eigenvalue weighted by atomic mass is 10.1. The quantitative estimate of drug-likeness (QED) is 0.444. The van der Waals surface area contributed by atoms with Crippen molar-refractivity contribution < 1.29 is 0 Å². The second-order valence-electron chi connectivity index (χ2n) is 3.42. The van der Waals surface area contributed by atoms with E-state index in [-0.39, 0.29) is 0 Å². The van der Waals surface area contributed by atoms with Crippen LogP contribution in [0.15, 0.2) is 28.5 Å². The normalized spacial score (nSPS) is 35.7. The zero-order valence-electron chi connectivity index (χ0n) is 6.73. The summed E-state index contributed by atoms with van der Waals surface area (Å²) >= 11 is 0. The molecular weight excluding hydrogens is 120 g/mol. The first-order valence-electron chi connectivity index (χ1n) is 3.85. The largest absolute Gasteiger partial charge is 0.118 e. The molecule has 52 valence electrons. The van der Waals surface area contributed by atoms with Crippen LogP contribution in [0.3, 0.4) is 0 Å². The predicted molar refractivity (Wildman–Crippen MR) is 42.6 cm³/mol. The third kappa shape index (κ3) is 0.629. The fourth-order valence-corrected chi connectivity index (χ4v) is 1.92. The van der Waals surface area contributed by atoms with Gasteiger partial charge < -0.3 is 0 Å². The first kappa shape index (κ1) is 6.00. The molecule has 2 rings (SSSR count). The van der Waals surface area contributed by atoms with Crippen LogP contribution in [-0.2, 0) is 0 Å². The van der Waals surface area contributed by atoms with Gasteiger partial charge in [-0.2, -0.15) is 0 Å². The number of hydrogen-bond acceptors (Lipinski definition) is 0. The van der Waals surface area contributed by atoms with Gasteiger partial charge in [0, 0.05) is 5.92 Å². The summed E-state index contributed by atoms with van der Waals surface area (Å²) in [4.78, 5) is 0. The standard InChI is InChI=1S/C10H12/c1-6-4-7(2)10-8(3)9(10)5-6/h4,8,10H,1-3H3. The first-order valence-corrected chi connectivity index (χ1v) is 3.85. The van der Waals surface area contributed by atoms with Gasteiger partial charge in [-0.05, 0) is 30.9 Å². The van der Waals surface area contributed by atoms with Gasteiger partial charge in [0.05, 0.1) is 0 Å². The molecule has 0 aromatic heterocycles. The third-order valence-electron chi connectivity index (χ3n) is 2.49. The summed E-state index contributed by atoms with van der Waals surface area (Å²) in [5, 5.41) is 0. The fraction of sp³-hybridized carbons (Fsp3) is 0.500. The van der Waals surface area contributed by atoms with E-state index >= 15 is 0 Å². The van der Waals surface area contributed by atoms with E-state index in [0.717, 1.165) is 11.8 Å². The van der Waals surface area contributed by atoms with E-state index in [1.165, 1.54) is 16.7 Å². The Balaban J connectivity index is 2.50. The Bertz CT molecular complexity index is 272. The van der Waals surface area contributed by atoms with E-state index in [2.05, 4.69) is 32.6 Å². The maximum absolute atomic E-state index is 3.39. The van der Waals surface area contributed by atoms with Crippen molar-refractivity contribution in [3.63, 3.8) is 0 Å². The van der Waals surface area contributed by atoms with Crippen molar-refractivity contribution in [2.24, 2.45) is 11.8 Å². The lowest BCUT2D eigenvalue weighted by Gasteiger charge is -1.98. The van der Waals surface area contributed by atoms with Crippen LogP contribution in [-0.4, -0.2) is 0 Å². The van der Waals surface area contributed by atoms with Crippen LogP contribution < -0.4 is 0 Å². The molecule has 0 amide bonds. The van der Waals surface area contributed by atoms with Crippen LogP contribution >= 0.6 is 0 Å². The van der Waals surface area contributed by atoms with Gasteiger partial charge in [0.15, 0.2) is 0 Å². The molecule has 0 N–H and O–H groups in total. The number of rotatable bonds is 0. The molecule has 2 aliphatic carbocycles. The Labute approximate surface area is 61.9 Å². The first-order chi connectivity index (χ1) is 4.70. The second kappa shape index (κ2) is 1.65. The highest BCUT2D eigenvalue weighted by Gasteiger charge is 2.42. The van der Waals surface area contributed by atoms with Crippen LogP contribution in [0.5, 0.6) is 0 Å². The molecule has 0 saturated heterocycles. The average Bonchev–Trinajstić information content (AvgIpc) is 2.42. The fourth-order valence-electron chi connectivity index (χ4n) is 1.92. The highest BCUT2D eigenvalue weighted by Crippen LogP contribution is 2.51. The molecule has 1 saturated carbocycles. The maximum Gasteiger partial charge on any atom is 0.0156 e. The smallest absolute Gasteiger partial charge is 0.0156 e. The molecule has 10 heavy (non-hydrogen) atoms. The Morgan fingerprint density at radius 3 is 2.70 bits per heavy atom. The molecule has 2 unspecified atom stereocenters. The van der Waals surface area contributed by atoms with Crippen molar-refractivity contribution in [2.75, 3.05) is 0 Å². The highest BCUT2D eigenvalue weighted by molar-refractivity contribution is 5.45. The SMILES string of the molecule is CC1=C=C2C(C)C2C(C)=C1. The van der Waals surface area contributed by atoms with Gasteiger partial charge in [-0.3, -0.25) is 0 Å². The minimum absolute atomic E-state index is 0.767. The molecule has 1 fully saturated rings. The minimum atomic E-state index is 0.767. The molecule has 0 spiro atoms. The van der Waals surface area contributed by atoms with Crippen molar-refractivity contribution in [3.05, 3.63) is 28.5 Å². The van der Waals surface area contributed by atoms with Gasteiger partial charge in [0.25, 0.3) is 0 Å². The van der Waals surface area contributed by atoms with E-state index in [9.17, 15) is 0 Å². The van der Waals surface area contributed by atoms with Gasteiger partial charge in [-0.15, -0.1) is 5.73 Å². The van der Waals surface area contributed by atoms with Crippen molar-refractivity contribution in [3.8, 4) is 0 Å². The second-order valence-corrected chi connectivity index (χ2v) is 3.42. The summed E-state index contributed by atoms with van der Waals surface area (Å²) in [5.74, 6) is 1.55.